The number of hydrogen-bond donors (Lipinski definition) is 2. The zero-order valence-electron chi connectivity index (χ0n) is 7.10. The van der Waals surface area contributed by atoms with Gasteiger partial charge in [0.05, 0.1) is 0 Å². The van der Waals surface area contributed by atoms with Crippen LogP contribution in [0.1, 0.15) is 22.1 Å². The highest BCUT2D eigenvalue weighted by Gasteiger charge is 1.93. The Bertz CT molecular complexity index is 98.6. The van der Waals surface area contributed by atoms with Crippen molar-refractivity contribution < 1.29 is 2.85 Å². The zero-order chi connectivity index (χ0) is 7.78. The van der Waals surface area contributed by atoms with E-state index in [4.69, 9.17) is 0 Å². The Hall–Kier alpha value is -0.340. The monoisotopic (exact) mass is 158 g/mol. The SMILES string of the molecule is C1=CCNCC1.C1CCNC1.[HH].[HH]. The van der Waals surface area contributed by atoms with Gasteiger partial charge in [0, 0.05) is 9.40 Å². The molecule has 2 heteroatoms. The van der Waals surface area contributed by atoms with E-state index in [-0.39, 0.29) is 2.85 Å². The van der Waals surface area contributed by atoms with E-state index < -0.39 is 0 Å². The van der Waals surface area contributed by atoms with E-state index in [1.165, 1.54) is 32.4 Å². The number of rotatable bonds is 0. The van der Waals surface area contributed by atoms with Gasteiger partial charge in [0.1, 0.15) is 0 Å². The molecule has 0 aromatic carbocycles. The van der Waals surface area contributed by atoms with Gasteiger partial charge in [-0.1, -0.05) is 12.2 Å². The van der Waals surface area contributed by atoms with Crippen molar-refractivity contribution >= 4 is 0 Å². The molecule has 0 aromatic rings. The van der Waals surface area contributed by atoms with Crippen LogP contribution < -0.4 is 10.6 Å². The molecule has 0 bridgehead atoms. The van der Waals surface area contributed by atoms with E-state index in [9.17, 15) is 0 Å². The summed E-state index contributed by atoms with van der Waals surface area (Å²) < 4.78 is 0. The molecule has 2 aliphatic rings. The average molecular weight is 158 g/mol. The van der Waals surface area contributed by atoms with E-state index in [0.29, 0.717) is 0 Å². The van der Waals surface area contributed by atoms with Crippen LogP contribution in [0.25, 0.3) is 0 Å². The van der Waals surface area contributed by atoms with Crippen molar-refractivity contribution in [3.05, 3.63) is 12.2 Å². The third-order valence-electron chi connectivity index (χ3n) is 1.87. The molecule has 0 amide bonds. The first-order valence-electron chi connectivity index (χ1n) is 4.56. The second-order valence-corrected chi connectivity index (χ2v) is 2.92. The van der Waals surface area contributed by atoms with Gasteiger partial charge in [-0.15, -0.1) is 0 Å². The van der Waals surface area contributed by atoms with Gasteiger partial charge in [-0.2, -0.15) is 0 Å². The molecule has 0 unspecified atom stereocenters. The Kier molecular flexibility index (Phi) is 5.07. The molecule has 0 aliphatic carbocycles. The molecular weight excluding hydrogens is 136 g/mol. The van der Waals surface area contributed by atoms with E-state index in [1.54, 1.807) is 0 Å². The van der Waals surface area contributed by atoms with Crippen molar-refractivity contribution in [3.8, 4) is 0 Å². The molecule has 1 fully saturated rings. The van der Waals surface area contributed by atoms with Gasteiger partial charge in [0.2, 0.25) is 0 Å². The van der Waals surface area contributed by atoms with E-state index in [1.807, 2.05) is 0 Å². The summed E-state index contributed by atoms with van der Waals surface area (Å²) in [7, 11) is 0. The summed E-state index contributed by atoms with van der Waals surface area (Å²) in [6, 6.07) is 0. The van der Waals surface area contributed by atoms with Crippen LogP contribution in [0, 0.1) is 0 Å². The first-order chi connectivity index (χ1) is 5.50. The highest BCUT2D eigenvalue weighted by molar-refractivity contribution is 4.88. The molecule has 2 N–H and O–H groups in total. The molecule has 0 spiro atoms. The van der Waals surface area contributed by atoms with Crippen molar-refractivity contribution in [1.29, 1.82) is 0 Å². The topological polar surface area (TPSA) is 24.1 Å². The van der Waals surface area contributed by atoms with Gasteiger partial charge in [-0.05, 0) is 38.9 Å². The molecule has 2 aliphatic heterocycles. The van der Waals surface area contributed by atoms with Gasteiger partial charge in [-0.25, -0.2) is 0 Å². The van der Waals surface area contributed by atoms with Gasteiger partial charge in [0.25, 0.3) is 0 Å². The lowest BCUT2D eigenvalue weighted by Gasteiger charge is -2.01. The number of hydrogen-bond acceptors (Lipinski definition) is 2. The van der Waals surface area contributed by atoms with Crippen LogP contribution in [-0.4, -0.2) is 26.2 Å². The molecule has 0 aromatic heterocycles. The van der Waals surface area contributed by atoms with Crippen LogP contribution in [0.15, 0.2) is 12.2 Å². The predicted molar refractivity (Wildman–Crippen MR) is 53.0 cm³/mol. The van der Waals surface area contributed by atoms with Gasteiger partial charge >= 0.3 is 0 Å². The Labute approximate surface area is 72.0 Å². The summed E-state index contributed by atoms with van der Waals surface area (Å²) in [5.41, 5.74) is 0. The molecule has 0 radical (unpaired) electrons. The van der Waals surface area contributed by atoms with E-state index >= 15 is 0 Å². The maximum absolute atomic E-state index is 3.22. The fourth-order valence-electron chi connectivity index (χ4n) is 1.20. The molecule has 2 rings (SSSR count). The number of nitrogens with one attached hydrogen (secondary N) is 2. The van der Waals surface area contributed by atoms with Gasteiger partial charge in [0.15, 0.2) is 0 Å². The van der Waals surface area contributed by atoms with Gasteiger partial charge in [-0.3, -0.25) is 0 Å². The lowest BCUT2D eigenvalue weighted by Crippen LogP contribution is -2.17. The zero-order valence-corrected chi connectivity index (χ0v) is 7.10. The lowest BCUT2D eigenvalue weighted by atomic mass is 10.3. The molecule has 2 heterocycles. The molecule has 68 valence electrons. The molecule has 2 nitrogen and oxygen atoms in total. The first-order valence-corrected chi connectivity index (χ1v) is 4.56. The quantitative estimate of drug-likeness (QED) is 0.521. The molecular formula is C9H22N2. The summed E-state index contributed by atoms with van der Waals surface area (Å²) in [4.78, 5) is 0. The van der Waals surface area contributed by atoms with Gasteiger partial charge < -0.3 is 10.6 Å². The summed E-state index contributed by atoms with van der Waals surface area (Å²) in [6.45, 7) is 4.73. The smallest absolute Gasteiger partial charge is 0.0135 e. The fourth-order valence-corrected chi connectivity index (χ4v) is 1.20. The second-order valence-electron chi connectivity index (χ2n) is 2.92. The van der Waals surface area contributed by atoms with Crippen LogP contribution in [0.2, 0.25) is 0 Å². The van der Waals surface area contributed by atoms with Crippen molar-refractivity contribution in [3.63, 3.8) is 0 Å². The Morgan fingerprint density at radius 2 is 1.73 bits per heavy atom. The molecule has 0 saturated carbocycles. The minimum atomic E-state index is 0. The highest BCUT2D eigenvalue weighted by Crippen LogP contribution is 1.90. The first kappa shape index (κ1) is 8.75. The van der Waals surface area contributed by atoms with Crippen molar-refractivity contribution in [2.45, 2.75) is 19.3 Å². The summed E-state index contributed by atoms with van der Waals surface area (Å²) >= 11 is 0. The molecule has 11 heavy (non-hydrogen) atoms. The highest BCUT2D eigenvalue weighted by atomic mass is 14.9. The Balaban J connectivity index is 0. The maximum atomic E-state index is 3.22. The van der Waals surface area contributed by atoms with Crippen LogP contribution in [0.3, 0.4) is 0 Å². The maximum Gasteiger partial charge on any atom is 0.0135 e. The van der Waals surface area contributed by atoms with Crippen LogP contribution in [-0.2, 0) is 0 Å². The fraction of sp³-hybridized carbons (Fsp3) is 0.778. The normalized spacial score (nSPS) is 22.5. The third-order valence-corrected chi connectivity index (χ3v) is 1.87. The van der Waals surface area contributed by atoms with Crippen molar-refractivity contribution in [2.75, 3.05) is 26.2 Å². The summed E-state index contributed by atoms with van der Waals surface area (Å²) in [5.74, 6) is 0. The van der Waals surface area contributed by atoms with E-state index in [2.05, 4.69) is 22.8 Å². The average Bonchev–Trinajstić information content (AvgIpc) is 2.64. The summed E-state index contributed by atoms with van der Waals surface area (Å²) in [6.07, 6.45) is 8.35. The minimum absolute atomic E-state index is 0. The minimum Gasteiger partial charge on any atom is -0.317 e. The van der Waals surface area contributed by atoms with Crippen molar-refractivity contribution in [1.82, 2.24) is 10.6 Å². The van der Waals surface area contributed by atoms with Crippen LogP contribution in [0.5, 0.6) is 0 Å². The standard InChI is InChI=1S/C5H9N.C4H9N.2H2/c1-2-4-6-5-3-1;1-2-4-5-3-1;;/h1-2,6H,3-5H2;5H,1-4H2;2*1H. The Morgan fingerprint density at radius 3 is 1.91 bits per heavy atom. The van der Waals surface area contributed by atoms with Crippen LogP contribution >= 0.6 is 0 Å². The molecule has 0 atom stereocenters. The predicted octanol–water partition coefficient (Wildman–Crippen LogP) is 1.40. The lowest BCUT2D eigenvalue weighted by molar-refractivity contribution is 0.728. The third kappa shape index (κ3) is 4.99. The largest absolute Gasteiger partial charge is 0.317 e. The second kappa shape index (κ2) is 6.38. The molecule has 1 saturated heterocycles. The Morgan fingerprint density at radius 1 is 0.909 bits per heavy atom. The van der Waals surface area contributed by atoms with E-state index in [0.717, 1.165) is 13.1 Å². The van der Waals surface area contributed by atoms with Crippen molar-refractivity contribution in [2.24, 2.45) is 0 Å². The van der Waals surface area contributed by atoms with Crippen LogP contribution in [0.4, 0.5) is 0 Å². The summed E-state index contributed by atoms with van der Waals surface area (Å²) in [5, 5.41) is 6.42.